The second kappa shape index (κ2) is 9.59. The Morgan fingerprint density at radius 2 is 1.60 bits per heavy atom. The monoisotopic (exact) mass is 252 g/mol. The van der Waals surface area contributed by atoms with E-state index in [1.165, 1.54) is 0 Å². The van der Waals surface area contributed by atoms with Gasteiger partial charge in [0.1, 0.15) is 0 Å². The SMILES string of the molecule is CCCC(C(=O)O)(C(=O)O)C(C)C.[H-].[H-].[K+].[Na+]. The van der Waals surface area contributed by atoms with Gasteiger partial charge in [0.2, 0.25) is 0 Å². The number of hydrogen-bond donors (Lipinski definition) is 2. The van der Waals surface area contributed by atoms with Crippen molar-refractivity contribution in [3.63, 3.8) is 0 Å². The third-order valence-corrected chi connectivity index (χ3v) is 2.39. The summed E-state index contributed by atoms with van der Waals surface area (Å²) in [4.78, 5) is 21.8. The fourth-order valence-electron chi connectivity index (χ4n) is 1.48. The van der Waals surface area contributed by atoms with Gasteiger partial charge in [-0.2, -0.15) is 0 Å². The molecule has 6 heteroatoms. The largest absolute Gasteiger partial charge is 1.00 e. The van der Waals surface area contributed by atoms with E-state index >= 15 is 0 Å². The van der Waals surface area contributed by atoms with Gasteiger partial charge in [0, 0.05) is 0 Å². The van der Waals surface area contributed by atoms with Crippen molar-refractivity contribution in [1.29, 1.82) is 0 Å². The number of rotatable bonds is 5. The van der Waals surface area contributed by atoms with E-state index in [0.29, 0.717) is 6.42 Å². The number of hydrogen-bond acceptors (Lipinski definition) is 2. The van der Waals surface area contributed by atoms with Crippen molar-refractivity contribution in [2.75, 3.05) is 0 Å². The molecule has 0 aliphatic rings. The van der Waals surface area contributed by atoms with Crippen molar-refractivity contribution >= 4 is 11.9 Å². The van der Waals surface area contributed by atoms with Gasteiger partial charge in [0.15, 0.2) is 5.41 Å². The van der Waals surface area contributed by atoms with Gasteiger partial charge in [-0.25, -0.2) is 0 Å². The Labute approximate surface area is 158 Å². The minimum atomic E-state index is -1.62. The van der Waals surface area contributed by atoms with Crippen molar-refractivity contribution in [3.8, 4) is 0 Å². The molecule has 80 valence electrons. The molecule has 0 atom stereocenters. The molecule has 0 rings (SSSR count). The first kappa shape index (κ1) is 21.8. The van der Waals surface area contributed by atoms with Gasteiger partial charge in [-0.3, -0.25) is 9.59 Å². The summed E-state index contributed by atoms with van der Waals surface area (Å²) in [5, 5.41) is 17.8. The van der Waals surface area contributed by atoms with Crippen LogP contribution >= 0.6 is 0 Å². The van der Waals surface area contributed by atoms with Gasteiger partial charge >= 0.3 is 92.9 Å². The first-order valence-electron chi connectivity index (χ1n) is 4.36. The second-order valence-electron chi connectivity index (χ2n) is 3.49. The molecule has 0 bridgehead atoms. The molecule has 0 amide bonds. The van der Waals surface area contributed by atoms with E-state index in [0.717, 1.165) is 0 Å². The molecule has 15 heavy (non-hydrogen) atoms. The Morgan fingerprint density at radius 3 is 1.67 bits per heavy atom. The maximum atomic E-state index is 10.9. The molecule has 0 unspecified atom stereocenters. The van der Waals surface area contributed by atoms with Crippen molar-refractivity contribution in [3.05, 3.63) is 0 Å². The third kappa shape index (κ3) is 5.17. The van der Waals surface area contributed by atoms with E-state index in [2.05, 4.69) is 0 Å². The van der Waals surface area contributed by atoms with E-state index in [1.54, 1.807) is 20.8 Å². The molecule has 0 aromatic heterocycles. The van der Waals surface area contributed by atoms with Crippen LogP contribution in [0.15, 0.2) is 0 Å². The van der Waals surface area contributed by atoms with Crippen LogP contribution in [0.1, 0.15) is 36.5 Å². The molecule has 0 aliphatic heterocycles. The Morgan fingerprint density at radius 1 is 1.27 bits per heavy atom. The third-order valence-electron chi connectivity index (χ3n) is 2.39. The summed E-state index contributed by atoms with van der Waals surface area (Å²) in [7, 11) is 0. The maximum absolute atomic E-state index is 10.9. The summed E-state index contributed by atoms with van der Waals surface area (Å²) in [5.74, 6) is -2.88. The zero-order chi connectivity index (χ0) is 10.6. The average Bonchev–Trinajstić information content (AvgIpc) is 1.97. The Hall–Kier alpha value is 1.58. The smallest absolute Gasteiger partial charge is 1.00 e. The van der Waals surface area contributed by atoms with Crippen LogP contribution < -0.4 is 80.9 Å². The Kier molecular flexibility index (Phi) is 14.0. The number of carboxylic acid groups (broad SMARTS) is 2. The molecule has 0 aliphatic carbocycles. The van der Waals surface area contributed by atoms with Gasteiger partial charge in [-0.15, -0.1) is 0 Å². The molecule has 0 saturated carbocycles. The van der Waals surface area contributed by atoms with Crippen LogP contribution in [-0.4, -0.2) is 22.2 Å². The Balaban J connectivity index is -0.000000120. The quantitative estimate of drug-likeness (QED) is 0.385. The fraction of sp³-hybridized carbons (Fsp3) is 0.778. The molecule has 2 N–H and O–H groups in total. The molecule has 0 heterocycles. The first-order chi connectivity index (χ1) is 5.89. The van der Waals surface area contributed by atoms with E-state index in [-0.39, 0.29) is 90.2 Å². The van der Waals surface area contributed by atoms with E-state index in [1.807, 2.05) is 0 Å². The molecule has 0 saturated heterocycles. The number of aliphatic carboxylic acids is 2. The van der Waals surface area contributed by atoms with Crippen LogP contribution in [0.5, 0.6) is 0 Å². The molecular weight excluding hydrogens is 234 g/mol. The summed E-state index contributed by atoms with van der Waals surface area (Å²) < 4.78 is 0. The van der Waals surface area contributed by atoms with E-state index in [9.17, 15) is 9.59 Å². The molecule has 4 nitrogen and oxygen atoms in total. The Bertz CT molecular complexity index is 213. The van der Waals surface area contributed by atoms with Crippen LogP contribution in [0.25, 0.3) is 0 Å². The second-order valence-corrected chi connectivity index (χ2v) is 3.49. The zero-order valence-electron chi connectivity index (χ0n) is 12.2. The fourth-order valence-corrected chi connectivity index (χ4v) is 1.48. The van der Waals surface area contributed by atoms with Crippen LogP contribution in [0.3, 0.4) is 0 Å². The van der Waals surface area contributed by atoms with Gasteiger partial charge < -0.3 is 13.1 Å². The molecule has 0 aromatic carbocycles. The van der Waals surface area contributed by atoms with Gasteiger partial charge in [0.25, 0.3) is 0 Å². The zero-order valence-corrected chi connectivity index (χ0v) is 15.3. The van der Waals surface area contributed by atoms with Crippen molar-refractivity contribution < 1.29 is 104 Å². The molecule has 0 aromatic rings. The van der Waals surface area contributed by atoms with Gasteiger partial charge in [0.05, 0.1) is 0 Å². The minimum absolute atomic E-state index is 0. The normalized spacial score (nSPS) is 10.1. The first-order valence-corrected chi connectivity index (χ1v) is 4.36. The topological polar surface area (TPSA) is 74.6 Å². The molecule has 0 spiro atoms. The summed E-state index contributed by atoms with van der Waals surface area (Å²) in [6.07, 6.45) is 0.728. The minimum Gasteiger partial charge on any atom is -1.00 e. The summed E-state index contributed by atoms with van der Waals surface area (Å²) in [5.41, 5.74) is -1.62. The van der Waals surface area contributed by atoms with Crippen molar-refractivity contribution in [1.82, 2.24) is 0 Å². The summed E-state index contributed by atoms with van der Waals surface area (Å²) >= 11 is 0. The summed E-state index contributed by atoms with van der Waals surface area (Å²) in [6.45, 7) is 5.03. The van der Waals surface area contributed by atoms with Crippen LogP contribution in [0, 0.1) is 11.3 Å². The maximum Gasteiger partial charge on any atom is 1.00 e. The summed E-state index contributed by atoms with van der Waals surface area (Å²) in [6, 6.07) is 0. The van der Waals surface area contributed by atoms with Crippen LogP contribution in [0.4, 0.5) is 0 Å². The van der Waals surface area contributed by atoms with Crippen LogP contribution in [0.2, 0.25) is 0 Å². The number of carbonyl (C=O) groups is 2. The van der Waals surface area contributed by atoms with Crippen LogP contribution in [-0.2, 0) is 9.59 Å². The standard InChI is InChI=1S/C9H16O4.K.Na.2H/c1-4-5-9(6(2)3,7(10)11)8(12)13;;;;/h6H,4-5H2,1-3H3,(H,10,11)(H,12,13);;;;/q;2*+1;2*-1. The number of carboxylic acids is 2. The molecule has 0 radical (unpaired) electrons. The van der Waals surface area contributed by atoms with Crippen molar-refractivity contribution in [2.24, 2.45) is 11.3 Å². The van der Waals surface area contributed by atoms with E-state index in [4.69, 9.17) is 10.2 Å². The molecular formula is C9H18KNaO4. The molecule has 0 fully saturated rings. The van der Waals surface area contributed by atoms with Gasteiger partial charge in [-0.05, 0) is 12.3 Å². The van der Waals surface area contributed by atoms with E-state index < -0.39 is 23.3 Å². The predicted molar refractivity (Wildman–Crippen MR) is 49.7 cm³/mol. The predicted octanol–water partition coefficient (Wildman–Crippen LogP) is -4.17. The average molecular weight is 252 g/mol. The van der Waals surface area contributed by atoms with Crippen molar-refractivity contribution in [2.45, 2.75) is 33.6 Å². The van der Waals surface area contributed by atoms with Gasteiger partial charge in [-0.1, -0.05) is 27.2 Å².